The van der Waals surface area contributed by atoms with Gasteiger partial charge in [-0.3, -0.25) is 4.79 Å². The molecule has 1 fully saturated rings. The van der Waals surface area contributed by atoms with E-state index in [4.69, 9.17) is 0 Å². The Morgan fingerprint density at radius 2 is 1.67 bits per heavy atom. The molecule has 0 unspecified atom stereocenters. The minimum absolute atomic E-state index is 0.129. The molecule has 1 aromatic carbocycles. The number of carbonyl (C=O) groups is 1. The van der Waals surface area contributed by atoms with E-state index >= 15 is 0 Å². The quantitative estimate of drug-likeness (QED) is 0.736. The van der Waals surface area contributed by atoms with Gasteiger partial charge in [-0.25, -0.2) is 13.2 Å². The highest BCUT2D eigenvalue weighted by Crippen LogP contribution is 2.29. The number of carbonyl (C=O) groups excluding carboxylic acids is 1. The fourth-order valence-electron chi connectivity index (χ4n) is 2.57. The van der Waals surface area contributed by atoms with E-state index in [1.807, 2.05) is 0 Å². The summed E-state index contributed by atoms with van der Waals surface area (Å²) >= 11 is 0. The fourth-order valence-corrected chi connectivity index (χ4v) is 2.57. The second-order valence-corrected chi connectivity index (χ2v) is 4.86. The summed E-state index contributed by atoms with van der Waals surface area (Å²) in [5, 5.41) is 0. The van der Waals surface area contributed by atoms with Gasteiger partial charge in [0.05, 0.1) is 5.56 Å². The number of benzene rings is 1. The maximum absolute atomic E-state index is 13.4. The molecule has 0 radical (unpaired) electrons. The Labute approximate surface area is 104 Å². The summed E-state index contributed by atoms with van der Waals surface area (Å²) < 4.78 is 39.4. The lowest BCUT2D eigenvalue weighted by molar-refractivity contribution is 0.0965. The predicted octanol–water partition coefficient (Wildman–Crippen LogP) is 4.26. The van der Waals surface area contributed by atoms with Crippen molar-refractivity contribution in [2.75, 3.05) is 0 Å². The molecule has 0 spiro atoms. The molecular weight excluding hydrogens is 241 g/mol. The largest absolute Gasteiger partial charge is 0.294 e. The Morgan fingerprint density at radius 3 is 2.22 bits per heavy atom. The van der Waals surface area contributed by atoms with Gasteiger partial charge in [0, 0.05) is 18.6 Å². The molecule has 4 heteroatoms. The van der Waals surface area contributed by atoms with Crippen molar-refractivity contribution in [3.05, 3.63) is 35.1 Å². The topological polar surface area (TPSA) is 17.1 Å². The van der Waals surface area contributed by atoms with Gasteiger partial charge >= 0.3 is 0 Å². The van der Waals surface area contributed by atoms with Crippen molar-refractivity contribution in [1.29, 1.82) is 0 Å². The molecule has 18 heavy (non-hydrogen) atoms. The smallest absolute Gasteiger partial charge is 0.168 e. The Hall–Kier alpha value is -1.32. The van der Waals surface area contributed by atoms with Gasteiger partial charge in [-0.15, -0.1) is 0 Å². The first-order valence-electron chi connectivity index (χ1n) is 6.25. The highest BCUT2D eigenvalue weighted by atomic mass is 19.1. The van der Waals surface area contributed by atoms with Crippen molar-refractivity contribution in [3.63, 3.8) is 0 Å². The van der Waals surface area contributed by atoms with Gasteiger partial charge in [-0.05, 0) is 12.3 Å². The first-order chi connectivity index (χ1) is 8.58. The van der Waals surface area contributed by atoms with Crippen molar-refractivity contribution in [1.82, 2.24) is 0 Å². The first-order valence-corrected chi connectivity index (χ1v) is 6.25. The molecular formula is C14H15F3O. The molecule has 2 rings (SSSR count). The van der Waals surface area contributed by atoms with Crippen LogP contribution in [0.1, 0.15) is 48.9 Å². The van der Waals surface area contributed by atoms with E-state index < -0.39 is 28.8 Å². The van der Waals surface area contributed by atoms with Crippen LogP contribution in [-0.4, -0.2) is 5.78 Å². The van der Waals surface area contributed by atoms with E-state index in [1.165, 1.54) is 0 Å². The van der Waals surface area contributed by atoms with E-state index in [-0.39, 0.29) is 6.42 Å². The molecule has 0 saturated heterocycles. The summed E-state index contributed by atoms with van der Waals surface area (Å²) in [6.45, 7) is 0. The predicted molar refractivity (Wildman–Crippen MR) is 61.8 cm³/mol. The molecule has 1 aliphatic carbocycles. The Morgan fingerprint density at radius 1 is 1.11 bits per heavy atom. The first kappa shape index (κ1) is 13.1. The lowest BCUT2D eigenvalue weighted by Gasteiger charge is -2.08. The van der Waals surface area contributed by atoms with Crippen LogP contribution >= 0.6 is 0 Å². The second kappa shape index (κ2) is 5.55. The number of ketones is 1. The summed E-state index contributed by atoms with van der Waals surface area (Å²) in [5.74, 6) is -3.30. The van der Waals surface area contributed by atoms with Gasteiger partial charge in [0.25, 0.3) is 0 Å². The lowest BCUT2D eigenvalue weighted by atomic mass is 9.97. The van der Waals surface area contributed by atoms with Crippen LogP contribution in [-0.2, 0) is 0 Å². The molecule has 98 valence electrons. The van der Waals surface area contributed by atoms with Gasteiger partial charge in [0.15, 0.2) is 5.78 Å². The van der Waals surface area contributed by atoms with Crippen LogP contribution in [0.25, 0.3) is 0 Å². The Balaban J connectivity index is 2.04. The summed E-state index contributed by atoms with van der Waals surface area (Å²) in [7, 11) is 0. The molecule has 1 aliphatic rings. The molecule has 1 nitrogen and oxygen atoms in total. The number of Topliss-reactive ketones (excluding diaryl/α,β-unsaturated/α-hetero) is 1. The molecule has 1 aromatic rings. The lowest BCUT2D eigenvalue weighted by Crippen LogP contribution is -2.08. The molecule has 0 amide bonds. The van der Waals surface area contributed by atoms with E-state index in [0.717, 1.165) is 25.7 Å². The SMILES string of the molecule is O=C(CCC1CCCC1)c1c(F)cc(F)cc1F. The van der Waals surface area contributed by atoms with Crippen LogP contribution in [0.15, 0.2) is 12.1 Å². The number of hydrogen-bond acceptors (Lipinski definition) is 1. The monoisotopic (exact) mass is 256 g/mol. The molecule has 0 heterocycles. The zero-order valence-corrected chi connectivity index (χ0v) is 10.0. The van der Waals surface area contributed by atoms with Gasteiger partial charge in [0.2, 0.25) is 0 Å². The van der Waals surface area contributed by atoms with Crippen molar-refractivity contribution in [2.24, 2.45) is 5.92 Å². The van der Waals surface area contributed by atoms with Crippen LogP contribution in [0.3, 0.4) is 0 Å². The molecule has 0 atom stereocenters. The van der Waals surface area contributed by atoms with Crippen LogP contribution < -0.4 is 0 Å². The fraction of sp³-hybridized carbons (Fsp3) is 0.500. The average molecular weight is 256 g/mol. The second-order valence-electron chi connectivity index (χ2n) is 4.86. The van der Waals surface area contributed by atoms with Gasteiger partial charge in [0.1, 0.15) is 17.5 Å². The maximum atomic E-state index is 13.4. The van der Waals surface area contributed by atoms with Crippen LogP contribution in [0.5, 0.6) is 0 Å². The highest BCUT2D eigenvalue weighted by molar-refractivity contribution is 5.96. The van der Waals surface area contributed by atoms with E-state index in [1.54, 1.807) is 0 Å². The van der Waals surface area contributed by atoms with Crippen molar-refractivity contribution < 1.29 is 18.0 Å². The van der Waals surface area contributed by atoms with Crippen LogP contribution in [0.2, 0.25) is 0 Å². The van der Waals surface area contributed by atoms with E-state index in [9.17, 15) is 18.0 Å². The minimum Gasteiger partial charge on any atom is -0.294 e. The zero-order valence-electron chi connectivity index (χ0n) is 10.0. The summed E-state index contributed by atoms with van der Waals surface area (Å²) in [6, 6.07) is 1.10. The van der Waals surface area contributed by atoms with Crippen molar-refractivity contribution >= 4 is 5.78 Å². The molecule has 0 aliphatic heterocycles. The van der Waals surface area contributed by atoms with E-state index in [2.05, 4.69) is 0 Å². The van der Waals surface area contributed by atoms with E-state index in [0.29, 0.717) is 24.5 Å². The highest BCUT2D eigenvalue weighted by Gasteiger charge is 2.21. The third kappa shape index (κ3) is 2.92. The van der Waals surface area contributed by atoms with Crippen LogP contribution in [0.4, 0.5) is 13.2 Å². The molecule has 1 saturated carbocycles. The van der Waals surface area contributed by atoms with Gasteiger partial charge in [-0.2, -0.15) is 0 Å². The molecule has 0 N–H and O–H groups in total. The van der Waals surface area contributed by atoms with Gasteiger partial charge < -0.3 is 0 Å². The summed E-state index contributed by atoms with van der Waals surface area (Å²) in [5.41, 5.74) is -0.602. The minimum atomic E-state index is -1.11. The number of rotatable bonds is 4. The molecule has 0 bridgehead atoms. The number of hydrogen-bond donors (Lipinski definition) is 0. The van der Waals surface area contributed by atoms with Crippen molar-refractivity contribution in [2.45, 2.75) is 38.5 Å². The molecule has 0 aromatic heterocycles. The normalized spacial score (nSPS) is 16.2. The standard InChI is InChI=1S/C14H15F3O/c15-10-7-11(16)14(12(17)8-10)13(18)6-5-9-3-1-2-4-9/h7-9H,1-6H2. The zero-order chi connectivity index (χ0) is 13.1. The summed E-state index contributed by atoms with van der Waals surface area (Å²) in [6.07, 6.45) is 5.29. The van der Waals surface area contributed by atoms with Crippen LogP contribution in [0, 0.1) is 23.4 Å². The third-order valence-electron chi connectivity index (χ3n) is 3.54. The number of halogens is 3. The average Bonchev–Trinajstić information content (AvgIpc) is 2.77. The Bertz CT molecular complexity index is 427. The van der Waals surface area contributed by atoms with Gasteiger partial charge in [-0.1, -0.05) is 25.7 Å². The Kier molecular flexibility index (Phi) is 4.04. The third-order valence-corrected chi connectivity index (χ3v) is 3.54. The van der Waals surface area contributed by atoms with Crippen molar-refractivity contribution in [3.8, 4) is 0 Å². The summed E-state index contributed by atoms with van der Waals surface area (Å²) in [4.78, 5) is 11.8. The maximum Gasteiger partial charge on any atom is 0.168 e.